The summed E-state index contributed by atoms with van der Waals surface area (Å²) in [6.07, 6.45) is 2.39. The van der Waals surface area contributed by atoms with Crippen LogP contribution < -0.4 is 14.2 Å². The quantitative estimate of drug-likeness (QED) is 0.726. The molecule has 0 saturated carbocycles. The summed E-state index contributed by atoms with van der Waals surface area (Å²) < 4.78 is 23.7. The summed E-state index contributed by atoms with van der Waals surface area (Å²) in [6.45, 7) is 5.20. The number of hydrogen-bond donors (Lipinski definition) is 0. The Morgan fingerprint density at radius 1 is 1.03 bits per heavy atom. The van der Waals surface area contributed by atoms with E-state index in [1.165, 1.54) is 5.56 Å². The lowest BCUT2D eigenvalue weighted by Gasteiger charge is -2.52. The zero-order valence-electron chi connectivity index (χ0n) is 16.7. The number of hydrazone groups is 1. The van der Waals surface area contributed by atoms with E-state index in [4.69, 9.17) is 24.0 Å². The second kappa shape index (κ2) is 5.89. The Labute approximate surface area is 170 Å². The maximum absolute atomic E-state index is 6.66. The van der Waals surface area contributed by atoms with E-state index in [1.807, 2.05) is 18.2 Å². The van der Waals surface area contributed by atoms with Crippen LogP contribution in [0, 0.1) is 0 Å². The average molecular weight is 392 g/mol. The Morgan fingerprint density at radius 3 is 2.79 bits per heavy atom. The molecule has 2 aromatic rings. The molecule has 2 aromatic carbocycles. The van der Waals surface area contributed by atoms with E-state index in [0.717, 1.165) is 47.8 Å². The zero-order chi connectivity index (χ0) is 19.6. The largest absolute Gasteiger partial charge is 0.466 e. The molecule has 1 saturated heterocycles. The highest BCUT2D eigenvalue weighted by Gasteiger charge is 2.54. The van der Waals surface area contributed by atoms with Crippen molar-refractivity contribution in [2.75, 3.05) is 13.4 Å². The van der Waals surface area contributed by atoms with Crippen molar-refractivity contribution < 1.29 is 18.9 Å². The third-order valence-corrected chi connectivity index (χ3v) is 6.30. The molecule has 4 aliphatic rings. The number of rotatable bonds is 1. The lowest BCUT2D eigenvalue weighted by molar-refractivity contribution is -0.212. The van der Waals surface area contributed by atoms with E-state index in [1.54, 1.807) is 0 Å². The van der Waals surface area contributed by atoms with Gasteiger partial charge in [0.15, 0.2) is 11.5 Å². The minimum atomic E-state index is -0.487. The van der Waals surface area contributed by atoms with Gasteiger partial charge in [0.2, 0.25) is 12.5 Å². The SMILES string of the molecule is CC1(C)C[C@@]2(CCO1)Oc1ccccc1[C@H]1CC(c3ccc4c(c3)OCO4)=NN12. The van der Waals surface area contributed by atoms with E-state index in [2.05, 4.69) is 43.1 Å². The first-order valence-corrected chi connectivity index (χ1v) is 10.2. The molecule has 2 atom stereocenters. The Hall–Kier alpha value is -2.73. The van der Waals surface area contributed by atoms with Gasteiger partial charge in [-0.3, -0.25) is 0 Å². The summed E-state index contributed by atoms with van der Waals surface area (Å²) in [5.41, 5.74) is 2.58. The normalized spacial score (nSPS) is 28.6. The molecule has 0 bridgehead atoms. The molecule has 1 fully saturated rings. The topological polar surface area (TPSA) is 52.5 Å². The van der Waals surface area contributed by atoms with Crippen molar-refractivity contribution in [1.82, 2.24) is 5.01 Å². The minimum absolute atomic E-state index is 0.161. The first-order valence-electron chi connectivity index (χ1n) is 10.2. The van der Waals surface area contributed by atoms with Gasteiger partial charge < -0.3 is 18.9 Å². The van der Waals surface area contributed by atoms with Gasteiger partial charge in [-0.05, 0) is 38.1 Å². The van der Waals surface area contributed by atoms with Gasteiger partial charge in [0, 0.05) is 30.4 Å². The molecule has 4 heterocycles. The Morgan fingerprint density at radius 2 is 1.90 bits per heavy atom. The number of ether oxygens (including phenoxy) is 4. The molecule has 0 aliphatic carbocycles. The van der Waals surface area contributed by atoms with E-state index in [0.29, 0.717) is 6.61 Å². The molecule has 0 radical (unpaired) electrons. The summed E-state index contributed by atoms with van der Waals surface area (Å²) in [4.78, 5) is 0. The second-order valence-corrected chi connectivity index (χ2v) is 8.80. The Kier molecular flexibility index (Phi) is 3.48. The van der Waals surface area contributed by atoms with E-state index >= 15 is 0 Å². The fourth-order valence-corrected chi connectivity index (χ4v) is 5.05. The highest BCUT2D eigenvalue weighted by molar-refractivity contribution is 6.02. The smallest absolute Gasteiger partial charge is 0.231 e. The molecule has 4 aliphatic heterocycles. The predicted molar refractivity (Wildman–Crippen MR) is 107 cm³/mol. The van der Waals surface area contributed by atoms with E-state index < -0.39 is 5.72 Å². The molecular weight excluding hydrogens is 368 g/mol. The van der Waals surface area contributed by atoms with Crippen molar-refractivity contribution in [2.24, 2.45) is 5.10 Å². The van der Waals surface area contributed by atoms with E-state index in [-0.39, 0.29) is 18.4 Å². The maximum Gasteiger partial charge on any atom is 0.231 e. The maximum atomic E-state index is 6.66. The monoisotopic (exact) mass is 392 g/mol. The van der Waals surface area contributed by atoms with Crippen LogP contribution in [0.25, 0.3) is 0 Å². The molecule has 0 N–H and O–H groups in total. The summed E-state index contributed by atoms with van der Waals surface area (Å²) in [6, 6.07) is 14.6. The van der Waals surface area contributed by atoms with Gasteiger partial charge in [-0.15, -0.1) is 0 Å². The van der Waals surface area contributed by atoms with Crippen LogP contribution in [-0.2, 0) is 4.74 Å². The van der Waals surface area contributed by atoms with Crippen molar-refractivity contribution in [3.8, 4) is 17.2 Å². The van der Waals surface area contributed by atoms with Gasteiger partial charge >= 0.3 is 0 Å². The van der Waals surface area contributed by atoms with E-state index in [9.17, 15) is 0 Å². The molecule has 0 unspecified atom stereocenters. The first kappa shape index (κ1) is 17.2. The van der Waals surface area contributed by atoms with Crippen LogP contribution in [0.1, 0.15) is 50.3 Å². The number of nitrogens with zero attached hydrogens (tertiary/aromatic N) is 2. The summed E-state index contributed by atoms with van der Waals surface area (Å²) in [7, 11) is 0. The fraction of sp³-hybridized carbons (Fsp3) is 0.435. The van der Waals surface area contributed by atoms with Gasteiger partial charge in [-0.2, -0.15) is 5.10 Å². The molecule has 1 spiro atoms. The zero-order valence-corrected chi connectivity index (χ0v) is 16.7. The van der Waals surface area contributed by atoms with Crippen LogP contribution in [0.15, 0.2) is 47.6 Å². The van der Waals surface area contributed by atoms with Crippen LogP contribution in [0.2, 0.25) is 0 Å². The second-order valence-electron chi connectivity index (χ2n) is 8.80. The van der Waals surface area contributed by atoms with Crippen LogP contribution >= 0.6 is 0 Å². The van der Waals surface area contributed by atoms with Gasteiger partial charge in [-0.25, -0.2) is 5.01 Å². The Bertz CT molecular complexity index is 1020. The standard InChI is InChI=1S/C23H24N2O4/c1-22(2)13-23(9-10-28-22)25-18(16-5-3-4-6-19(16)29-23)12-17(24-25)15-7-8-20-21(11-15)27-14-26-20/h3-8,11,18H,9-10,12-14H2,1-2H3/t18-,23-/m1/s1. The van der Waals surface area contributed by atoms with Gasteiger partial charge in [0.05, 0.1) is 24.0 Å². The average Bonchev–Trinajstić information content (AvgIpc) is 3.34. The van der Waals surface area contributed by atoms with Crippen LogP contribution in [0.3, 0.4) is 0 Å². The highest BCUT2D eigenvalue weighted by atomic mass is 16.7. The van der Waals surface area contributed by atoms with Crippen LogP contribution in [0.4, 0.5) is 0 Å². The van der Waals surface area contributed by atoms with Crippen LogP contribution in [0.5, 0.6) is 17.2 Å². The molecule has 6 rings (SSSR count). The lowest BCUT2D eigenvalue weighted by atomic mass is 9.86. The van der Waals surface area contributed by atoms with Gasteiger partial charge in [0.25, 0.3) is 0 Å². The lowest BCUT2D eigenvalue weighted by Crippen LogP contribution is -2.60. The third-order valence-electron chi connectivity index (χ3n) is 6.30. The Balaban J connectivity index is 1.44. The predicted octanol–water partition coefficient (Wildman–Crippen LogP) is 4.24. The summed E-state index contributed by atoms with van der Waals surface area (Å²) in [5, 5.41) is 7.33. The molecule has 6 nitrogen and oxygen atoms in total. The molecule has 6 heteroatoms. The number of para-hydroxylation sites is 1. The van der Waals surface area contributed by atoms with Gasteiger partial charge in [-0.1, -0.05) is 18.2 Å². The van der Waals surface area contributed by atoms with Crippen molar-refractivity contribution >= 4 is 5.71 Å². The van der Waals surface area contributed by atoms with Crippen molar-refractivity contribution in [2.45, 2.75) is 50.5 Å². The van der Waals surface area contributed by atoms with Crippen LogP contribution in [-0.4, -0.2) is 35.4 Å². The first-order chi connectivity index (χ1) is 14.0. The molecular formula is C23H24N2O4. The number of benzene rings is 2. The van der Waals surface area contributed by atoms with Crippen molar-refractivity contribution in [3.05, 3.63) is 53.6 Å². The molecule has 29 heavy (non-hydrogen) atoms. The number of hydrogen-bond acceptors (Lipinski definition) is 6. The fourth-order valence-electron chi connectivity index (χ4n) is 5.05. The molecule has 0 aromatic heterocycles. The summed E-state index contributed by atoms with van der Waals surface area (Å²) in [5.74, 6) is 2.55. The minimum Gasteiger partial charge on any atom is -0.466 e. The summed E-state index contributed by atoms with van der Waals surface area (Å²) >= 11 is 0. The van der Waals surface area contributed by atoms with Gasteiger partial charge in [0.1, 0.15) is 5.75 Å². The van der Waals surface area contributed by atoms with Crippen molar-refractivity contribution in [1.29, 1.82) is 0 Å². The number of fused-ring (bicyclic) bond motifs is 5. The van der Waals surface area contributed by atoms with Crippen molar-refractivity contribution in [3.63, 3.8) is 0 Å². The highest BCUT2D eigenvalue weighted by Crippen LogP contribution is 2.52. The molecule has 150 valence electrons. The third kappa shape index (κ3) is 2.62. The molecule has 0 amide bonds.